The molecule has 0 unspecified atom stereocenters. The number of carbonyl (C=O) groups is 1. The summed E-state index contributed by atoms with van der Waals surface area (Å²) < 4.78 is 0. The molecule has 0 saturated heterocycles. The Morgan fingerprint density at radius 2 is 1.69 bits per heavy atom. The monoisotopic (exact) mass is 440 g/mol. The zero-order valence-electron chi connectivity index (χ0n) is 18.0. The number of nitrogens with zero attached hydrogens (tertiary/aromatic N) is 2. The Labute approximate surface area is 192 Å². The van der Waals surface area contributed by atoms with Crippen molar-refractivity contribution < 1.29 is 4.79 Å². The number of benzene rings is 3. The highest BCUT2D eigenvalue weighted by atomic mass is 32.2. The zero-order chi connectivity index (χ0) is 22.3. The number of thioether (sulfide) groups is 1. The predicted octanol–water partition coefficient (Wildman–Crippen LogP) is 5.85. The number of carbonyl (C=O) groups excluding carboxylic acids is 1. The lowest BCUT2D eigenvalue weighted by atomic mass is 10.1. The topological polar surface area (TPSA) is 66.9 Å². The molecule has 1 aromatic heterocycles. The minimum absolute atomic E-state index is 0.104. The summed E-state index contributed by atoms with van der Waals surface area (Å²) in [5.74, 6) is 0.542. The third-order valence-corrected chi connectivity index (χ3v) is 5.75. The molecule has 6 heteroatoms. The number of anilines is 2. The summed E-state index contributed by atoms with van der Waals surface area (Å²) in [5.41, 5.74) is 5.57. The van der Waals surface area contributed by atoms with Crippen LogP contribution >= 0.6 is 11.8 Å². The highest BCUT2D eigenvalue weighted by molar-refractivity contribution is 7.98. The second-order valence-electron chi connectivity index (χ2n) is 7.41. The van der Waals surface area contributed by atoms with E-state index in [4.69, 9.17) is 0 Å². The fourth-order valence-corrected chi connectivity index (χ4v) is 3.65. The van der Waals surface area contributed by atoms with Crippen LogP contribution in [-0.4, -0.2) is 22.4 Å². The number of hydrogen-bond donors (Lipinski definition) is 2. The molecule has 0 saturated carbocycles. The lowest BCUT2D eigenvalue weighted by Gasteiger charge is -2.09. The molecule has 4 rings (SSSR count). The number of aromatic nitrogens is 2. The van der Waals surface area contributed by atoms with Crippen LogP contribution in [0.15, 0.2) is 89.8 Å². The van der Waals surface area contributed by atoms with Crippen molar-refractivity contribution >= 4 is 29.2 Å². The largest absolute Gasteiger partial charge is 0.348 e. The third-order valence-electron chi connectivity index (χ3n) is 5.01. The van der Waals surface area contributed by atoms with Gasteiger partial charge in [-0.2, -0.15) is 0 Å². The number of aryl methyl sites for hydroxylation is 1. The second kappa shape index (κ2) is 10.1. The van der Waals surface area contributed by atoms with E-state index in [-0.39, 0.29) is 5.91 Å². The van der Waals surface area contributed by atoms with Crippen LogP contribution in [-0.2, 0) is 6.54 Å². The Balaban J connectivity index is 1.34. The standard InChI is InChI=1S/C26H24N4OS/c1-18-4-3-5-21(16-18)24-14-15-25(30-29-24)28-22-10-8-20(9-11-22)26(31)27-17-19-6-12-23(32-2)13-7-19/h3-16H,17H2,1-2H3,(H,27,31)(H,28,30). The van der Waals surface area contributed by atoms with E-state index in [1.165, 1.54) is 10.5 Å². The molecule has 0 fully saturated rings. The Hall–Kier alpha value is -3.64. The summed E-state index contributed by atoms with van der Waals surface area (Å²) in [4.78, 5) is 13.7. The Morgan fingerprint density at radius 1 is 0.906 bits per heavy atom. The van der Waals surface area contributed by atoms with Crippen LogP contribution in [0.2, 0.25) is 0 Å². The van der Waals surface area contributed by atoms with Crippen LogP contribution in [0.3, 0.4) is 0 Å². The summed E-state index contributed by atoms with van der Waals surface area (Å²) in [7, 11) is 0. The normalized spacial score (nSPS) is 10.6. The van der Waals surface area contributed by atoms with Crippen molar-refractivity contribution in [1.82, 2.24) is 15.5 Å². The van der Waals surface area contributed by atoms with Gasteiger partial charge in [-0.3, -0.25) is 4.79 Å². The van der Waals surface area contributed by atoms with Gasteiger partial charge < -0.3 is 10.6 Å². The number of rotatable bonds is 7. The summed E-state index contributed by atoms with van der Waals surface area (Å²) in [5, 5.41) is 14.8. The Kier molecular flexibility index (Phi) is 6.82. The zero-order valence-corrected chi connectivity index (χ0v) is 18.8. The van der Waals surface area contributed by atoms with Crippen molar-refractivity contribution in [2.75, 3.05) is 11.6 Å². The van der Waals surface area contributed by atoms with Crippen molar-refractivity contribution in [2.45, 2.75) is 18.4 Å². The summed E-state index contributed by atoms with van der Waals surface area (Å²) in [6.07, 6.45) is 2.04. The highest BCUT2D eigenvalue weighted by Crippen LogP contribution is 2.20. The number of amides is 1. The van der Waals surface area contributed by atoms with Gasteiger partial charge in [0, 0.05) is 28.3 Å². The third kappa shape index (κ3) is 5.53. The van der Waals surface area contributed by atoms with Crippen molar-refractivity contribution in [2.24, 2.45) is 0 Å². The molecule has 0 bridgehead atoms. The van der Waals surface area contributed by atoms with Crippen LogP contribution in [0.25, 0.3) is 11.3 Å². The molecule has 2 N–H and O–H groups in total. The molecule has 0 atom stereocenters. The first-order valence-electron chi connectivity index (χ1n) is 10.3. The highest BCUT2D eigenvalue weighted by Gasteiger charge is 2.07. The Morgan fingerprint density at radius 3 is 2.34 bits per heavy atom. The van der Waals surface area contributed by atoms with Crippen LogP contribution < -0.4 is 10.6 Å². The SMILES string of the molecule is CSc1ccc(CNC(=O)c2ccc(Nc3ccc(-c4cccc(C)c4)nn3)cc2)cc1. The quantitative estimate of drug-likeness (QED) is 0.353. The molecule has 5 nitrogen and oxygen atoms in total. The van der Waals surface area contributed by atoms with E-state index >= 15 is 0 Å². The van der Waals surface area contributed by atoms with Crippen molar-refractivity contribution in [3.05, 3.63) is 102 Å². The molecule has 0 aliphatic carbocycles. The molecule has 1 amide bonds. The predicted molar refractivity (Wildman–Crippen MR) is 131 cm³/mol. The number of hydrogen-bond acceptors (Lipinski definition) is 5. The molecule has 0 spiro atoms. The minimum atomic E-state index is -0.104. The van der Waals surface area contributed by atoms with E-state index in [2.05, 4.69) is 52.0 Å². The van der Waals surface area contributed by atoms with Gasteiger partial charge in [-0.1, -0.05) is 35.9 Å². The van der Waals surface area contributed by atoms with Gasteiger partial charge in [-0.25, -0.2) is 0 Å². The summed E-state index contributed by atoms with van der Waals surface area (Å²) in [6.45, 7) is 2.55. The van der Waals surface area contributed by atoms with E-state index in [0.29, 0.717) is 17.9 Å². The maximum atomic E-state index is 12.4. The first kappa shape index (κ1) is 21.6. The summed E-state index contributed by atoms with van der Waals surface area (Å²) in [6, 6.07) is 27.5. The molecule has 4 aromatic rings. The number of nitrogens with one attached hydrogen (secondary N) is 2. The van der Waals surface area contributed by atoms with Gasteiger partial charge in [0.2, 0.25) is 0 Å². The van der Waals surface area contributed by atoms with Gasteiger partial charge in [0.15, 0.2) is 5.82 Å². The van der Waals surface area contributed by atoms with Gasteiger partial charge in [0.05, 0.1) is 5.69 Å². The average molecular weight is 441 g/mol. The van der Waals surface area contributed by atoms with Crippen molar-refractivity contribution in [3.63, 3.8) is 0 Å². The first-order chi connectivity index (χ1) is 15.6. The van der Waals surface area contributed by atoms with E-state index in [9.17, 15) is 4.79 Å². The fourth-order valence-electron chi connectivity index (χ4n) is 3.24. The first-order valence-corrected chi connectivity index (χ1v) is 11.5. The van der Waals surface area contributed by atoms with Gasteiger partial charge in [0.1, 0.15) is 0 Å². The molecule has 0 aliphatic rings. The van der Waals surface area contributed by atoms with E-state index in [0.717, 1.165) is 22.5 Å². The van der Waals surface area contributed by atoms with Crippen LogP contribution in [0.4, 0.5) is 11.5 Å². The minimum Gasteiger partial charge on any atom is -0.348 e. The molecule has 0 radical (unpaired) electrons. The van der Waals surface area contributed by atoms with Gasteiger partial charge >= 0.3 is 0 Å². The molecule has 3 aromatic carbocycles. The second-order valence-corrected chi connectivity index (χ2v) is 8.29. The molecular weight excluding hydrogens is 416 g/mol. The average Bonchev–Trinajstić information content (AvgIpc) is 2.84. The van der Waals surface area contributed by atoms with Crippen molar-refractivity contribution in [3.8, 4) is 11.3 Å². The lowest BCUT2D eigenvalue weighted by Crippen LogP contribution is -2.22. The van der Waals surface area contributed by atoms with Crippen LogP contribution in [0, 0.1) is 6.92 Å². The molecule has 1 heterocycles. The van der Waals surface area contributed by atoms with Gasteiger partial charge in [0.25, 0.3) is 5.91 Å². The maximum absolute atomic E-state index is 12.4. The van der Waals surface area contributed by atoms with Crippen LogP contribution in [0.1, 0.15) is 21.5 Å². The van der Waals surface area contributed by atoms with E-state index < -0.39 is 0 Å². The summed E-state index contributed by atoms with van der Waals surface area (Å²) >= 11 is 1.70. The van der Waals surface area contributed by atoms with Gasteiger partial charge in [-0.15, -0.1) is 22.0 Å². The van der Waals surface area contributed by atoms with Crippen LogP contribution in [0.5, 0.6) is 0 Å². The lowest BCUT2D eigenvalue weighted by molar-refractivity contribution is 0.0951. The molecular formula is C26H24N4OS. The molecule has 160 valence electrons. The smallest absolute Gasteiger partial charge is 0.251 e. The van der Waals surface area contributed by atoms with E-state index in [1.807, 2.05) is 54.8 Å². The maximum Gasteiger partial charge on any atom is 0.251 e. The van der Waals surface area contributed by atoms with E-state index in [1.54, 1.807) is 23.9 Å². The Bertz CT molecular complexity index is 1190. The molecule has 0 aliphatic heterocycles. The fraction of sp³-hybridized carbons (Fsp3) is 0.115. The van der Waals surface area contributed by atoms with Crippen molar-refractivity contribution in [1.29, 1.82) is 0 Å². The van der Waals surface area contributed by atoms with Gasteiger partial charge in [-0.05, 0) is 73.3 Å². The molecule has 32 heavy (non-hydrogen) atoms.